The lowest BCUT2D eigenvalue weighted by molar-refractivity contribution is 0.274. The third-order valence-electron chi connectivity index (χ3n) is 5.67. The maximum atomic E-state index is 6.23. The maximum Gasteiger partial charge on any atom is 0.223 e. The van der Waals surface area contributed by atoms with Gasteiger partial charge in [0.2, 0.25) is 5.95 Å². The van der Waals surface area contributed by atoms with E-state index in [9.17, 15) is 0 Å². The SMILES string of the molecule is C=CN/C=C\C(=C/C(CC)c1cccc(Cl)c1)c1ccnc(NC2CC(CC)C2)n1. The van der Waals surface area contributed by atoms with Gasteiger partial charge in [-0.25, -0.2) is 9.97 Å². The molecule has 0 radical (unpaired) electrons. The largest absolute Gasteiger partial charge is 0.368 e. The van der Waals surface area contributed by atoms with Crippen molar-refractivity contribution in [1.29, 1.82) is 0 Å². The molecule has 1 atom stereocenters. The monoisotopic (exact) mass is 422 g/mol. The molecule has 1 aromatic carbocycles. The first-order chi connectivity index (χ1) is 14.6. The Labute approximate surface area is 185 Å². The molecule has 1 aliphatic rings. The molecule has 1 unspecified atom stereocenters. The first-order valence-electron chi connectivity index (χ1n) is 10.7. The lowest BCUT2D eigenvalue weighted by atomic mass is 9.79. The number of hydrogen-bond acceptors (Lipinski definition) is 4. The highest BCUT2D eigenvalue weighted by Crippen LogP contribution is 2.32. The van der Waals surface area contributed by atoms with Crippen molar-refractivity contribution in [1.82, 2.24) is 15.3 Å². The molecule has 2 aromatic rings. The van der Waals surface area contributed by atoms with Crippen molar-refractivity contribution in [3.63, 3.8) is 0 Å². The molecule has 3 rings (SSSR count). The molecule has 2 N–H and O–H groups in total. The normalized spacial score (nSPS) is 19.9. The molecule has 1 aromatic heterocycles. The summed E-state index contributed by atoms with van der Waals surface area (Å²) < 4.78 is 0. The molecule has 5 heteroatoms. The second-order valence-corrected chi connectivity index (χ2v) is 8.18. The van der Waals surface area contributed by atoms with Crippen molar-refractivity contribution >= 4 is 23.1 Å². The van der Waals surface area contributed by atoms with Crippen molar-refractivity contribution in [2.24, 2.45) is 5.92 Å². The molecule has 4 nitrogen and oxygen atoms in total. The van der Waals surface area contributed by atoms with Crippen molar-refractivity contribution in [3.05, 3.63) is 83.9 Å². The standard InChI is InChI=1S/C25H31ClN4/c1-4-18-14-23(15-18)29-25-28-13-11-24(30-25)21(10-12-27-6-3)16-19(5-2)20-8-7-9-22(26)17-20/h6-13,16-19,23,27H,3-5,14-15H2,1-2H3,(H,28,29,30)/b12-10-,21-16+. The summed E-state index contributed by atoms with van der Waals surface area (Å²) in [4.78, 5) is 9.24. The molecule has 1 saturated carbocycles. The number of nitrogens with one attached hydrogen (secondary N) is 2. The summed E-state index contributed by atoms with van der Waals surface area (Å²) in [6, 6.07) is 10.5. The van der Waals surface area contributed by atoms with Crippen LogP contribution < -0.4 is 10.6 Å². The number of benzene rings is 1. The minimum absolute atomic E-state index is 0.232. The Balaban J connectivity index is 1.86. The van der Waals surface area contributed by atoms with Gasteiger partial charge >= 0.3 is 0 Å². The highest BCUT2D eigenvalue weighted by Gasteiger charge is 2.27. The highest BCUT2D eigenvalue weighted by atomic mass is 35.5. The van der Waals surface area contributed by atoms with Crippen LogP contribution >= 0.6 is 11.6 Å². The smallest absolute Gasteiger partial charge is 0.223 e. The third-order valence-corrected chi connectivity index (χ3v) is 5.91. The number of anilines is 1. The number of allylic oxidation sites excluding steroid dienone is 3. The van der Waals surface area contributed by atoms with Gasteiger partial charge in [-0.2, -0.15) is 0 Å². The molecule has 1 fully saturated rings. The Kier molecular flexibility index (Phi) is 8.09. The number of aromatic nitrogens is 2. The molecule has 158 valence electrons. The van der Waals surface area contributed by atoms with Crippen molar-refractivity contribution in [2.75, 3.05) is 5.32 Å². The molecule has 0 aliphatic heterocycles. The van der Waals surface area contributed by atoms with E-state index < -0.39 is 0 Å². The van der Waals surface area contributed by atoms with Crippen LogP contribution in [0.15, 0.2) is 67.7 Å². The summed E-state index contributed by atoms with van der Waals surface area (Å²) in [5.41, 5.74) is 3.11. The molecular weight excluding hydrogens is 392 g/mol. The van der Waals surface area contributed by atoms with Gasteiger partial charge in [0.15, 0.2) is 0 Å². The Bertz CT molecular complexity index is 900. The van der Waals surface area contributed by atoms with Gasteiger partial charge in [0.05, 0.1) is 5.69 Å². The molecule has 0 amide bonds. The van der Waals surface area contributed by atoms with Gasteiger partial charge in [-0.3, -0.25) is 0 Å². The van der Waals surface area contributed by atoms with E-state index in [2.05, 4.69) is 48.2 Å². The summed E-state index contributed by atoms with van der Waals surface area (Å²) in [6.45, 7) is 8.14. The molecule has 0 bridgehead atoms. The van der Waals surface area contributed by atoms with E-state index in [1.54, 1.807) is 6.20 Å². The van der Waals surface area contributed by atoms with Crippen LogP contribution in [0.2, 0.25) is 5.02 Å². The molecule has 0 saturated heterocycles. The van der Waals surface area contributed by atoms with E-state index in [0.29, 0.717) is 12.0 Å². The van der Waals surface area contributed by atoms with Gasteiger partial charge in [-0.05, 0) is 66.8 Å². The van der Waals surface area contributed by atoms with Crippen LogP contribution in [0.25, 0.3) is 5.57 Å². The lowest BCUT2D eigenvalue weighted by Gasteiger charge is -2.35. The predicted molar refractivity (Wildman–Crippen MR) is 127 cm³/mol. The molecule has 1 aliphatic carbocycles. The second-order valence-electron chi connectivity index (χ2n) is 7.75. The van der Waals surface area contributed by atoms with Gasteiger partial charge in [-0.1, -0.05) is 56.7 Å². The van der Waals surface area contributed by atoms with E-state index in [1.165, 1.54) is 24.8 Å². The third kappa shape index (κ3) is 5.96. The van der Waals surface area contributed by atoms with Crippen LogP contribution in [0.1, 0.15) is 56.7 Å². The van der Waals surface area contributed by atoms with E-state index in [4.69, 9.17) is 16.6 Å². The van der Waals surface area contributed by atoms with Gasteiger partial charge in [0.1, 0.15) is 0 Å². The molecular formula is C25H31ClN4. The van der Waals surface area contributed by atoms with Crippen LogP contribution in [-0.4, -0.2) is 16.0 Å². The Hall–Kier alpha value is -2.59. The number of hydrogen-bond donors (Lipinski definition) is 2. The van der Waals surface area contributed by atoms with Crippen LogP contribution in [0.3, 0.4) is 0 Å². The van der Waals surface area contributed by atoms with E-state index in [-0.39, 0.29) is 5.92 Å². The fourth-order valence-electron chi connectivity index (χ4n) is 3.79. The van der Waals surface area contributed by atoms with Gasteiger partial charge in [0, 0.05) is 29.4 Å². The Morgan fingerprint density at radius 3 is 2.83 bits per heavy atom. The average Bonchev–Trinajstić information content (AvgIpc) is 2.73. The van der Waals surface area contributed by atoms with Crippen molar-refractivity contribution in [2.45, 2.75) is 51.5 Å². The fraction of sp³-hybridized carbons (Fsp3) is 0.360. The van der Waals surface area contributed by atoms with E-state index in [1.807, 2.05) is 42.7 Å². The molecule has 30 heavy (non-hydrogen) atoms. The average molecular weight is 423 g/mol. The van der Waals surface area contributed by atoms with Crippen LogP contribution in [-0.2, 0) is 0 Å². The predicted octanol–water partition coefficient (Wildman–Crippen LogP) is 6.55. The Morgan fingerprint density at radius 1 is 1.30 bits per heavy atom. The zero-order valence-corrected chi connectivity index (χ0v) is 18.6. The topological polar surface area (TPSA) is 49.8 Å². The first kappa shape index (κ1) is 22.1. The summed E-state index contributed by atoms with van der Waals surface area (Å²) in [7, 11) is 0. The summed E-state index contributed by atoms with van der Waals surface area (Å²) in [5.74, 6) is 1.76. The van der Waals surface area contributed by atoms with Crippen LogP contribution in [0, 0.1) is 5.92 Å². The summed E-state index contributed by atoms with van der Waals surface area (Å²) in [5, 5.41) is 7.27. The van der Waals surface area contributed by atoms with Crippen molar-refractivity contribution < 1.29 is 0 Å². The van der Waals surface area contributed by atoms with E-state index in [0.717, 1.165) is 28.6 Å². The van der Waals surface area contributed by atoms with Crippen molar-refractivity contribution in [3.8, 4) is 0 Å². The zero-order valence-electron chi connectivity index (χ0n) is 17.8. The lowest BCUT2D eigenvalue weighted by Crippen LogP contribution is -2.35. The maximum absolute atomic E-state index is 6.23. The second kappa shape index (κ2) is 11.0. The van der Waals surface area contributed by atoms with Gasteiger partial charge < -0.3 is 10.6 Å². The first-order valence-corrected chi connectivity index (χ1v) is 11.1. The number of rotatable bonds is 10. The highest BCUT2D eigenvalue weighted by molar-refractivity contribution is 6.30. The van der Waals surface area contributed by atoms with Crippen LogP contribution in [0.5, 0.6) is 0 Å². The zero-order chi connectivity index (χ0) is 21.3. The number of halogens is 1. The van der Waals surface area contributed by atoms with Gasteiger partial charge in [0.25, 0.3) is 0 Å². The molecule has 0 spiro atoms. The fourth-order valence-corrected chi connectivity index (χ4v) is 3.99. The van der Waals surface area contributed by atoms with Gasteiger partial charge in [-0.15, -0.1) is 0 Å². The van der Waals surface area contributed by atoms with E-state index >= 15 is 0 Å². The minimum atomic E-state index is 0.232. The number of nitrogens with zero attached hydrogens (tertiary/aromatic N) is 2. The quantitative estimate of drug-likeness (QED) is 0.426. The molecule has 1 heterocycles. The summed E-state index contributed by atoms with van der Waals surface area (Å²) >= 11 is 6.23. The Morgan fingerprint density at radius 2 is 2.13 bits per heavy atom. The minimum Gasteiger partial charge on any atom is -0.368 e. The summed E-state index contributed by atoms with van der Waals surface area (Å²) in [6.07, 6.45) is 14.2. The van der Waals surface area contributed by atoms with Crippen LogP contribution in [0.4, 0.5) is 5.95 Å².